The van der Waals surface area contributed by atoms with E-state index in [-0.39, 0.29) is 5.82 Å². The summed E-state index contributed by atoms with van der Waals surface area (Å²) < 4.78 is 24.5. The van der Waals surface area contributed by atoms with Crippen LogP contribution in [0, 0.1) is 5.82 Å². The summed E-state index contributed by atoms with van der Waals surface area (Å²) in [6.45, 7) is 1.40. The van der Waals surface area contributed by atoms with Crippen LogP contribution < -0.4 is 4.74 Å². The lowest BCUT2D eigenvalue weighted by Crippen LogP contribution is -2.08. The highest BCUT2D eigenvalue weighted by Gasteiger charge is 2.14. The van der Waals surface area contributed by atoms with Crippen molar-refractivity contribution < 1.29 is 13.9 Å². The fourth-order valence-electron chi connectivity index (χ4n) is 2.11. The van der Waals surface area contributed by atoms with E-state index in [1.165, 1.54) is 6.07 Å². The van der Waals surface area contributed by atoms with Gasteiger partial charge in [-0.05, 0) is 43.4 Å². The molecule has 0 aromatic heterocycles. The van der Waals surface area contributed by atoms with E-state index >= 15 is 0 Å². The first-order valence-corrected chi connectivity index (χ1v) is 6.92. The highest BCUT2D eigenvalue weighted by Crippen LogP contribution is 2.21. The van der Waals surface area contributed by atoms with Gasteiger partial charge in [-0.2, -0.15) is 0 Å². The molecular formula is C14H18ClFO2. The van der Waals surface area contributed by atoms with E-state index in [0.717, 1.165) is 37.9 Å². The summed E-state index contributed by atoms with van der Waals surface area (Å²) in [7, 11) is 0. The first-order valence-electron chi connectivity index (χ1n) is 6.38. The Morgan fingerprint density at radius 3 is 3.00 bits per heavy atom. The lowest BCUT2D eigenvalue weighted by molar-refractivity contribution is 0.0979. The third-order valence-electron chi connectivity index (χ3n) is 3.10. The van der Waals surface area contributed by atoms with E-state index in [4.69, 9.17) is 21.1 Å². The average Bonchev–Trinajstić information content (AvgIpc) is 2.89. The van der Waals surface area contributed by atoms with Crippen LogP contribution in [-0.4, -0.2) is 19.3 Å². The Bertz CT molecular complexity index is 378. The van der Waals surface area contributed by atoms with Crippen molar-refractivity contribution in [1.29, 1.82) is 0 Å². The standard InChI is InChI=1S/C14H18ClFO2/c15-10-11-5-6-14(13(16)9-11)18-8-2-4-12-3-1-7-17-12/h5-6,9,12H,1-4,7-8,10H2. The van der Waals surface area contributed by atoms with Crippen LogP contribution in [0.25, 0.3) is 0 Å². The third kappa shape index (κ3) is 3.85. The Hall–Kier alpha value is -0.800. The van der Waals surface area contributed by atoms with Crippen LogP contribution in [0.1, 0.15) is 31.2 Å². The molecule has 0 amide bonds. The van der Waals surface area contributed by atoms with Crippen molar-refractivity contribution in [3.05, 3.63) is 29.6 Å². The topological polar surface area (TPSA) is 18.5 Å². The number of hydrogen-bond donors (Lipinski definition) is 0. The molecule has 1 fully saturated rings. The molecule has 1 heterocycles. The van der Waals surface area contributed by atoms with Gasteiger partial charge in [0.25, 0.3) is 0 Å². The second-order valence-electron chi connectivity index (χ2n) is 4.52. The van der Waals surface area contributed by atoms with Gasteiger partial charge in [0.1, 0.15) is 0 Å². The summed E-state index contributed by atoms with van der Waals surface area (Å²) >= 11 is 5.63. The van der Waals surface area contributed by atoms with Gasteiger partial charge in [-0.1, -0.05) is 6.07 Å². The highest BCUT2D eigenvalue weighted by molar-refractivity contribution is 6.17. The Morgan fingerprint density at radius 2 is 2.33 bits per heavy atom. The summed E-state index contributed by atoms with van der Waals surface area (Å²) in [5, 5.41) is 0. The zero-order valence-corrected chi connectivity index (χ0v) is 11.1. The molecule has 1 atom stereocenters. The maximum atomic E-state index is 13.6. The molecule has 0 N–H and O–H groups in total. The monoisotopic (exact) mass is 272 g/mol. The minimum absolute atomic E-state index is 0.302. The lowest BCUT2D eigenvalue weighted by Gasteiger charge is -2.10. The van der Waals surface area contributed by atoms with E-state index in [1.807, 2.05) is 0 Å². The molecule has 1 aromatic carbocycles. The summed E-state index contributed by atoms with van der Waals surface area (Å²) in [4.78, 5) is 0. The average molecular weight is 273 g/mol. The molecule has 1 saturated heterocycles. The molecule has 2 rings (SSSR count). The van der Waals surface area contributed by atoms with Crippen molar-refractivity contribution in [1.82, 2.24) is 0 Å². The van der Waals surface area contributed by atoms with E-state index in [0.29, 0.717) is 24.3 Å². The molecule has 2 nitrogen and oxygen atoms in total. The molecule has 100 valence electrons. The van der Waals surface area contributed by atoms with Crippen molar-refractivity contribution in [2.24, 2.45) is 0 Å². The van der Waals surface area contributed by atoms with Crippen molar-refractivity contribution in [2.45, 2.75) is 37.7 Å². The summed E-state index contributed by atoms with van der Waals surface area (Å²) in [5.41, 5.74) is 0.765. The Labute approximate surface area is 112 Å². The molecule has 1 unspecified atom stereocenters. The Kier molecular flexibility index (Phi) is 5.26. The number of ether oxygens (including phenoxy) is 2. The zero-order chi connectivity index (χ0) is 12.8. The van der Waals surface area contributed by atoms with E-state index < -0.39 is 0 Å². The minimum atomic E-state index is -0.342. The van der Waals surface area contributed by atoms with Crippen LogP contribution in [0.15, 0.2) is 18.2 Å². The highest BCUT2D eigenvalue weighted by atomic mass is 35.5. The van der Waals surface area contributed by atoms with Crippen molar-refractivity contribution in [2.75, 3.05) is 13.2 Å². The predicted octanol–water partition coefficient (Wildman–Crippen LogP) is 3.90. The fourth-order valence-corrected chi connectivity index (χ4v) is 2.28. The second-order valence-corrected chi connectivity index (χ2v) is 4.79. The van der Waals surface area contributed by atoms with E-state index in [1.54, 1.807) is 12.1 Å². The van der Waals surface area contributed by atoms with Gasteiger partial charge in [-0.15, -0.1) is 11.6 Å². The normalized spacial score (nSPS) is 19.1. The SMILES string of the molecule is Fc1cc(CCl)ccc1OCCCC1CCCO1. The first kappa shape index (κ1) is 13.6. The van der Waals surface area contributed by atoms with Gasteiger partial charge < -0.3 is 9.47 Å². The van der Waals surface area contributed by atoms with Crippen LogP contribution >= 0.6 is 11.6 Å². The molecule has 4 heteroatoms. The van der Waals surface area contributed by atoms with Crippen molar-refractivity contribution in [3.8, 4) is 5.75 Å². The van der Waals surface area contributed by atoms with E-state index in [2.05, 4.69) is 0 Å². The van der Waals surface area contributed by atoms with Crippen LogP contribution in [0.3, 0.4) is 0 Å². The van der Waals surface area contributed by atoms with Gasteiger partial charge in [0, 0.05) is 12.5 Å². The van der Waals surface area contributed by atoms with Gasteiger partial charge >= 0.3 is 0 Å². The third-order valence-corrected chi connectivity index (χ3v) is 3.41. The molecule has 1 aliphatic rings. The Balaban J connectivity index is 1.72. The molecule has 18 heavy (non-hydrogen) atoms. The maximum absolute atomic E-state index is 13.6. The van der Waals surface area contributed by atoms with Gasteiger partial charge in [0.2, 0.25) is 0 Å². The van der Waals surface area contributed by atoms with Crippen LogP contribution in [0.5, 0.6) is 5.75 Å². The second kappa shape index (κ2) is 6.95. The molecule has 0 saturated carbocycles. The van der Waals surface area contributed by atoms with Crippen molar-refractivity contribution in [3.63, 3.8) is 0 Å². The largest absolute Gasteiger partial charge is 0.491 e. The number of halogens is 2. The van der Waals surface area contributed by atoms with Gasteiger partial charge in [0.05, 0.1) is 12.7 Å². The fraction of sp³-hybridized carbons (Fsp3) is 0.571. The van der Waals surface area contributed by atoms with Gasteiger partial charge in [-0.3, -0.25) is 0 Å². The van der Waals surface area contributed by atoms with Crippen molar-refractivity contribution >= 4 is 11.6 Å². The summed E-state index contributed by atoms with van der Waals surface area (Å²) in [6.07, 6.45) is 4.54. The number of alkyl halides is 1. The van der Waals surface area contributed by atoms with Crippen LogP contribution in [0.4, 0.5) is 4.39 Å². The summed E-state index contributed by atoms with van der Waals surface area (Å²) in [5.74, 6) is 0.275. The molecular weight excluding hydrogens is 255 g/mol. The maximum Gasteiger partial charge on any atom is 0.165 e. The molecule has 1 aliphatic heterocycles. The number of benzene rings is 1. The Morgan fingerprint density at radius 1 is 1.44 bits per heavy atom. The van der Waals surface area contributed by atoms with Crippen LogP contribution in [0.2, 0.25) is 0 Å². The molecule has 0 radical (unpaired) electrons. The van der Waals surface area contributed by atoms with Crippen LogP contribution in [-0.2, 0) is 10.6 Å². The molecule has 1 aromatic rings. The zero-order valence-electron chi connectivity index (χ0n) is 10.3. The lowest BCUT2D eigenvalue weighted by atomic mass is 10.1. The summed E-state index contributed by atoms with van der Waals surface area (Å²) in [6, 6.07) is 4.84. The smallest absolute Gasteiger partial charge is 0.165 e. The number of rotatable bonds is 6. The predicted molar refractivity (Wildman–Crippen MR) is 69.7 cm³/mol. The molecule has 0 bridgehead atoms. The minimum Gasteiger partial charge on any atom is -0.491 e. The quantitative estimate of drug-likeness (QED) is 0.578. The molecule has 0 spiro atoms. The van der Waals surface area contributed by atoms with Gasteiger partial charge in [0.15, 0.2) is 11.6 Å². The first-order chi connectivity index (χ1) is 8.79. The number of hydrogen-bond acceptors (Lipinski definition) is 2. The molecule has 0 aliphatic carbocycles. The van der Waals surface area contributed by atoms with Gasteiger partial charge in [-0.25, -0.2) is 4.39 Å². The van der Waals surface area contributed by atoms with E-state index in [9.17, 15) is 4.39 Å².